The summed E-state index contributed by atoms with van der Waals surface area (Å²) in [5.41, 5.74) is 7.90. The van der Waals surface area contributed by atoms with Crippen LogP contribution in [0.2, 0.25) is 0 Å². The number of carbonyl (C=O) groups excluding carboxylic acids is 2. The predicted octanol–water partition coefficient (Wildman–Crippen LogP) is 4.74. The lowest BCUT2D eigenvalue weighted by Crippen LogP contribution is -2.46. The third-order valence-corrected chi connectivity index (χ3v) is 5.81. The number of hydrogen-bond donors (Lipinski definition) is 2. The van der Waals surface area contributed by atoms with Gasteiger partial charge >= 0.3 is 0 Å². The van der Waals surface area contributed by atoms with Crippen LogP contribution >= 0.6 is 0 Å². The van der Waals surface area contributed by atoms with E-state index < -0.39 is 17.4 Å². The summed E-state index contributed by atoms with van der Waals surface area (Å²) in [7, 11) is 0. The summed E-state index contributed by atoms with van der Waals surface area (Å²) in [4.78, 5) is 25.4. The van der Waals surface area contributed by atoms with Crippen molar-refractivity contribution >= 4 is 11.8 Å². The van der Waals surface area contributed by atoms with Crippen molar-refractivity contribution in [1.29, 1.82) is 0 Å². The van der Waals surface area contributed by atoms with Gasteiger partial charge in [-0.15, -0.1) is 6.58 Å². The number of benzene rings is 3. The first-order valence-corrected chi connectivity index (χ1v) is 10.9. The normalized spacial score (nSPS) is 12.0. The summed E-state index contributed by atoms with van der Waals surface area (Å²) >= 11 is 0. The average Bonchev–Trinajstić information content (AvgIpc) is 2.83. The van der Waals surface area contributed by atoms with Gasteiger partial charge in [-0.3, -0.25) is 9.59 Å². The molecule has 0 saturated heterocycles. The van der Waals surface area contributed by atoms with Gasteiger partial charge in [0, 0.05) is 6.42 Å². The Morgan fingerprint density at radius 1 is 0.844 bits per heavy atom. The monoisotopic (exact) mass is 426 g/mol. The second-order valence-corrected chi connectivity index (χ2v) is 7.92. The molecule has 164 valence electrons. The molecular weight excluding hydrogens is 396 g/mol. The Morgan fingerprint density at radius 3 is 1.66 bits per heavy atom. The van der Waals surface area contributed by atoms with Crippen LogP contribution in [-0.4, -0.2) is 17.9 Å². The molecule has 0 bridgehead atoms. The van der Waals surface area contributed by atoms with Crippen molar-refractivity contribution < 1.29 is 9.59 Å². The number of hydrogen-bond acceptors (Lipinski definition) is 2. The lowest BCUT2D eigenvalue weighted by Gasteiger charge is -2.36. The maximum Gasteiger partial charge on any atom is 0.239 e. The Morgan fingerprint density at radius 2 is 1.28 bits per heavy atom. The van der Waals surface area contributed by atoms with Crippen molar-refractivity contribution in [3.63, 3.8) is 0 Å². The molecule has 2 amide bonds. The molecule has 0 radical (unpaired) electrons. The maximum atomic E-state index is 13.4. The predicted molar refractivity (Wildman–Crippen MR) is 129 cm³/mol. The minimum atomic E-state index is -0.711. The molecule has 0 spiro atoms. The lowest BCUT2D eigenvalue weighted by atomic mass is 9.67. The Hall–Kier alpha value is -3.66. The van der Waals surface area contributed by atoms with Crippen molar-refractivity contribution in [2.45, 2.75) is 37.1 Å². The zero-order chi connectivity index (χ0) is 22.8. The fourth-order valence-electron chi connectivity index (χ4n) is 4.21. The number of amides is 2. The Labute approximate surface area is 190 Å². The Bertz CT molecular complexity index is 920. The number of nitrogens with one attached hydrogen (secondary N) is 1. The number of carbonyl (C=O) groups is 2. The van der Waals surface area contributed by atoms with E-state index in [0.29, 0.717) is 6.42 Å². The van der Waals surface area contributed by atoms with Crippen LogP contribution in [0.15, 0.2) is 104 Å². The van der Waals surface area contributed by atoms with E-state index in [2.05, 4.69) is 11.9 Å². The van der Waals surface area contributed by atoms with Gasteiger partial charge in [-0.2, -0.15) is 0 Å². The highest BCUT2D eigenvalue weighted by Crippen LogP contribution is 2.42. The molecule has 4 heteroatoms. The molecule has 3 aromatic carbocycles. The fourth-order valence-corrected chi connectivity index (χ4v) is 4.21. The van der Waals surface area contributed by atoms with Crippen molar-refractivity contribution in [1.82, 2.24) is 5.32 Å². The molecule has 0 aromatic heterocycles. The molecule has 0 saturated carbocycles. The van der Waals surface area contributed by atoms with Crippen LogP contribution < -0.4 is 11.1 Å². The fraction of sp³-hybridized carbons (Fsp3) is 0.214. The molecule has 0 aliphatic carbocycles. The zero-order valence-corrected chi connectivity index (χ0v) is 18.2. The van der Waals surface area contributed by atoms with Crippen LogP contribution in [0, 0.1) is 0 Å². The number of nitrogens with two attached hydrogens (primary N) is 1. The second kappa shape index (κ2) is 11.1. The maximum absolute atomic E-state index is 13.4. The third-order valence-electron chi connectivity index (χ3n) is 5.81. The van der Waals surface area contributed by atoms with Gasteiger partial charge in [-0.25, -0.2) is 0 Å². The summed E-state index contributed by atoms with van der Waals surface area (Å²) in [6.07, 6.45) is 3.93. The van der Waals surface area contributed by atoms with Gasteiger partial charge in [0.05, 0.1) is 5.41 Å². The van der Waals surface area contributed by atoms with E-state index in [1.54, 1.807) is 6.08 Å². The van der Waals surface area contributed by atoms with Gasteiger partial charge in [0.2, 0.25) is 11.8 Å². The molecular formula is C28H30N2O2. The van der Waals surface area contributed by atoms with E-state index in [4.69, 9.17) is 5.73 Å². The standard InChI is InChI=1S/C28H30N2O2/c1-2-3-7-20-25(27(29)32)30-26(31)21-28(22-14-8-4-9-15-22,23-16-10-5-11-17-23)24-18-12-6-13-19-24/h2,4-6,8-19,25H,1,3,7,20-21H2,(H2,29,32)(H,30,31)/t25-/m0/s1. The molecule has 0 aliphatic heterocycles. The van der Waals surface area contributed by atoms with E-state index in [9.17, 15) is 9.59 Å². The quantitative estimate of drug-likeness (QED) is 0.264. The second-order valence-electron chi connectivity index (χ2n) is 7.92. The smallest absolute Gasteiger partial charge is 0.239 e. The molecule has 3 N–H and O–H groups in total. The van der Waals surface area contributed by atoms with Crippen molar-refractivity contribution in [2.75, 3.05) is 0 Å². The van der Waals surface area contributed by atoms with Crippen molar-refractivity contribution in [3.8, 4) is 0 Å². The van der Waals surface area contributed by atoms with Crippen molar-refractivity contribution in [3.05, 3.63) is 120 Å². The molecule has 32 heavy (non-hydrogen) atoms. The van der Waals surface area contributed by atoms with E-state index in [-0.39, 0.29) is 12.3 Å². The molecule has 0 heterocycles. The lowest BCUT2D eigenvalue weighted by molar-refractivity contribution is -0.128. The number of unbranched alkanes of at least 4 members (excludes halogenated alkanes) is 1. The van der Waals surface area contributed by atoms with Crippen LogP contribution in [-0.2, 0) is 15.0 Å². The van der Waals surface area contributed by atoms with Crippen LogP contribution in [0.4, 0.5) is 0 Å². The highest BCUT2D eigenvalue weighted by atomic mass is 16.2. The third kappa shape index (κ3) is 5.33. The number of rotatable bonds is 11. The average molecular weight is 427 g/mol. The molecule has 3 aromatic rings. The van der Waals surface area contributed by atoms with Crippen LogP contribution in [0.1, 0.15) is 42.4 Å². The SMILES string of the molecule is C=CCCC[C@H](NC(=O)CC(c1ccccc1)(c1ccccc1)c1ccccc1)C(N)=O. The van der Waals surface area contributed by atoms with E-state index in [0.717, 1.165) is 29.5 Å². The van der Waals surface area contributed by atoms with Gasteiger partial charge in [-0.05, 0) is 36.0 Å². The molecule has 0 unspecified atom stereocenters. The minimum Gasteiger partial charge on any atom is -0.368 e. The summed E-state index contributed by atoms with van der Waals surface area (Å²) in [5.74, 6) is -0.740. The Balaban J connectivity index is 2.04. The van der Waals surface area contributed by atoms with Gasteiger partial charge in [-0.1, -0.05) is 97.1 Å². The van der Waals surface area contributed by atoms with E-state index >= 15 is 0 Å². The van der Waals surface area contributed by atoms with Crippen LogP contribution in [0.25, 0.3) is 0 Å². The summed E-state index contributed by atoms with van der Waals surface area (Å²) in [6.45, 7) is 3.71. The van der Waals surface area contributed by atoms with Gasteiger partial charge in [0.15, 0.2) is 0 Å². The first kappa shape index (κ1) is 23.0. The highest BCUT2D eigenvalue weighted by Gasteiger charge is 2.39. The largest absolute Gasteiger partial charge is 0.368 e. The number of allylic oxidation sites excluding steroid dienone is 1. The summed E-state index contributed by atoms with van der Waals surface area (Å²) < 4.78 is 0. The first-order valence-electron chi connectivity index (χ1n) is 10.9. The molecule has 4 nitrogen and oxygen atoms in total. The topological polar surface area (TPSA) is 72.2 Å². The van der Waals surface area contributed by atoms with Crippen LogP contribution in [0.3, 0.4) is 0 Å². The minimum absolute atomic E-state index is 0.149. The molecule has 1 atom stereocenters. The molecule has 0 aliphatic rings. The van der Waals surface area contributed by atoms with Crippen molar-refractivity contribution in [2.24, 2.45) is 5.73 Å². The van der Waals surface area contributed by atoms with E-state index in [1.807, 2.05) is 91.0 Å². The highest BCUT2D eigenvalue weighted by molar-refractivity contribution is 5.87. The molecule has 3 rings (SSSR count). The van der Waals surface area contributed by atoms with Gasteiger partial charge in [0.25, 0.3) is 0 Å². The Kier molecular flexibility index (Phi) is 7.98. The van der Waals surface area contributed by atoms with E-state index in [1.165, 1.54) is 0 Å². The molecule has 0 fully saturated rings. The summed E-state index contributed by atoms with van der Waals surface area (Å²) in [5, 5.41) is 2.89. The first-order chi connectivity index (χ1) is 15.6. The van der Waals surface area contributed by atoms with Gasteiger partial charge < -0.3 is 11.1 Å². The van der Waals surface area contributed by atoms with Crippen LogP contribution in [0.5, 0.6) is 0 Å². The van der Waals surface area contributed by atoms with Gasteiger partial charge in [0.1, 0.15) is 6.04 Å². The summed E-state index contributed by atoms with van der Waals surface area (Å²) in [6, 6.07) is 29.3. The zero-order valence-electron chi connectivity index (χ0n) is 18.2. The number of primary amides is 1.